The fourth-order valence-corrected chi connectivity index (χ4v) is 2.43. The molecule has 0 unspecified atom stereocenters. The van der Waals surface area contributed by atoms with Gasteiger partial charge in [-0.05, 0) is 29.8 Å². The van der Waals surface area contributed by atoms with Crippen LogP contribution in [-0.2, 0) is 16.4 Å². The lowest BCUT2D eigenvalue weighted by Crippen LogP contribution is -2.20. The first-order valence-corrected chi connectivity index (χ1v) is 8.47. The summed E-state index contributed by atoms with van der Waals surface area (Å²) in [6.07, 6.45) is 4.73. The number of hydrogen-bond acceptors (Lipinski definition) is 5. The molecule has 6 heteroatoms. The van der Waals surface area contributed by atoms with E-state index in [0.29, 0.717) is 18.9 Å². The molecule has 5 nitrogen and oxygen atoms in total. The van der Waals surface area contributed by atoms with Crippen LogP contribution in [0.3, 0.4) is 0 Å². The summed E-state index contributed by atoms with van der Waals surface area (Å²) in [5.41, 5.74) is 1.11. The van der Waals surface area contributed by atoms with Crippen molar-refractivity contribution in [2.75, 3.05) is 19.4 Å². The van der Waals surface area contributed by atoms with E-state index in [9.17, 15) is 8.42 Å². The van der Waals surface area contributed by atoms with Gasteiger partial charge in [0.05, 0.1) is 4.90 Å². The molecule has 1 aromatic carbocycles. The summed E-state index contributed by atoms with van der Waals surface area (Å²) in [5.74, 6) is 0.557. The molecule has 2 rings (SSSR count). The number of nitrogens with one attached hydrogen (secondary N) is 1. The number of aromatic nitrogens is 1. The molecule has 0 aliphatic rings. The second kappa shape index (κ2) is 7.19. The number of sulfone groups is 1. The van der Waals surface area contributed by atoms with Crippen molar-refractivity contribution in [1.82, 2.24) is 10.3 Å². The SMILES string of the molecule is CS(=O)(=O)c1cccc(OCCNCc2cccnc2)c1. The average molecular weight is 306 g/mol. The van der Waals surface area contributed by atoms with E-state index in [0.717, 1.165) is 12.1 Å². The normalized spacial score (nSPS) is 11.3. The van der Waals surface area contributed by atoms with Gasteiger partial charge in [-0.2, -0.15) is 0 Å². The van der Waals surface area contributed by atoms with Crippen LogP contribution in [0.4, 0.5) is 0 Å². The van der Waals surface area contributed by atoms with Crippen molar-refractivity contribution in [3.63, 3.8) is 0 Å². The maximum atomic E-state index is 11.4. The minimum absolute atomic E-state index is 0.267. The Morgan fingerprint density at radius 1 is 1.24 bits per heavy atom. The van der Waals surface area contributed by atoms with Gasteiger partial charge in [-0.3, -0.25) is 4.98 Å². The Hall–Kier alpha value is -1.92. The summed E-state index contributed by atoms with van der Waals surface area (Å²) in [6, 6.07) is 10.4. The van der Waals surface area contributed by atoms with Crippen LogP contribution in [0.2, 0.25) is 0 Å². The molecule has 0 aliphatic carbocycles. The van der Waals surface area contributed by atoms with Crippen LogP contribution in [-0.4, -0.2) is 32.8 Å². The topological polar surface area (TPSA) is 68.3 Å². The fourth-order valence-electron chi connectivity index (χ4n) is 1.77. The summed E-state index contributed by atoms with van der Waals surface area (Å²) in [5, 5.41) is 3.23. The van der Waals surface area contributed by atoms with E-state index in [4.69, 9.17) is 4.74 Å². The molecule has 21 heavy (non-hydrogen) atoms. The Balaban J connectivity index is 1.76. The lowest BCUT2D eigenvalue weighted by molar-refractivity contribution is 0.313. The van der Waals surface area contributed by atoms with Gasteiger partial charge in [0.15, 0.2) is 9.84 Å². The molecule has 0 saturated heterocycles. The molecule has 1 heterocycles. The minimum atomic E-state index is -3.20. The first-order valence-electron chi connectivity index (χ1n) is 6.58. The number of hydrogen-bond donors (Lipinski definition) is 1. The number of ether oxygens (including phenoxy) is 1. The van der Waals surface area contributed by atoms with Crippen molar-refractivity contribution in [3.8, 4) is 5.75 Å². The van der Waals surface area contributed by atoms with E-state index in [2.05, 4.69) is 10.3 Å². The smallest absolute Gasteiger partial charge is 0.175 e. The fraction of sp³-hybridized carbons (Fsp3) is 0.267. The Bertz CT molecular complexity index is 672. The van der Waals surface area contributed by atoms with Crippen LogP contribution >= 0.6 is 0 Å². The number of pyridine rings is 1. The van der Waals surface area contributed by atoms with Crippen molar-refractivity contribution in [2.24, 2.45) is 0 Å². The second-order valence-electron chi connectivity index (χ2n) is 4.63. The molecule has 1 N–H and O–H groups in total. The second-order valence-corrected chi connectivity index (χ2v) is 6.65. The van der Waals surface area contributed by atoms with Crippen LogP contribution in [0.25, 0.3) is 0 Å². The first-order chi connectivity index (χ1) is 10.1. The third-order valence-electron chi connectivity index (χ3n) is 2.83. The molecule has 1 aromatic heterocycles. The van der Waals surface area contributed by atoms with Gasteiger partial charge in [-0.1, -0.05) is 12.1 Å². The molecule has 0 bridgehead atoms. The molecule has 0 spiro atoms. The van der Waals surface area contributed by atoms with E-state index in [1.807, 2.05) is 18.3 Å². The molecule has 112 valence electrons. The third kappa shape index (κ3) is 5.17. The quantitative estimate of drug-likeness (QED) is 0.788. The molecule has 0 aliphatic heterocycles. The van der Waals surface area contributed by atoms with Gasteiger partial charge in [-0.15, -0.1) is 0 Å². The van der Waals surface area contributed by atoms with E-state index < -0.39 is 9.84 Å². The van der Waals surface area contributed by atoms with Gasteiger partial charge in [0.25, 0.3) is 0 Å². The van der Waals surface area contributed by atoms with Crippen molar-refractivity contribution >= 4 is 9.84 Å². The first kappa shape index (κ1) is 15.5. The third-order valence-corrected chi connectivity index (χ3v) is 3.94. The number of rotatable bonds is 7. The van der Waals surface area contributed by atoms with Gasteiger partial charge < -0.3 is 10.1 Å². The molecule has 0 saturated carbocycles. The molecule has 0 radical (unpaired) electrons. The summed E-state index contributed by atoms with van der Waals surface area (Å²) in [4.78, 5) is 4.30. The average Bonchev–Trinajstić information content (AvgIpc) is 2.47. The highest BCUT2D eigenvalue weighted by Gasteiger charge is 2.07. The summed E-state index contributed by atoms with van der Waals surface area (Å²) >= 11 is 0. The molecule has 2 aromatic rings. The zero-order chi connectivity index (χ0) is 15.1. The van der Waals surface area contributed by atoms with E-state index >= 15 is 0 Å². The largest absolute Gasteiger partial charge is 0.492 e. The van der Waals surface area contributed by atoms with Crippen molar-refractivity contribution in [1.29, 1.82) is 0 Å². The van der Waals surface area contributed by atoms with Crippen LogP contribution in [0.15, 0.2) is 53.7 Å². The predicted molar refractivity (Wildman–Crippen MR) is 81.0 cm³/mol. The van der Waals surface area contributed by atoms with E-state index in [1.54, 1.807) is 24.4 Å². The molecular formula is C15H18N2O3S. The number of nitrogens with zero attached hydrogens (tertiary/aromatic N) is 1. The Morgan fingerprint density at radius 3 is 2.81 bits per heavy atom. The van der Waals surface area contributed by atoms with E-state index in [-0.39, 0.29) is 4.90 Å². The van der Waals surface area contributed by atoms with Crippen LogP contribution < -0.4 is 10.1 Å². The minimum Gasteiger partial charge on any atom is -0.492 e. The molecule has 0 fully saturated rings. The van der Waals surface area contributed by atoms with Crippen LogP contribution in [0, 0.1) is 0 Å². The van der Waals surface area contributed by atoms with Crippen LogP contribution in [0.5, 0.6) is 5.75 Å². The standard InChI is InChI=1S/C15H18N2O3S/c1-21(18,19)15-6-2-5-14(10-15)20-9-8-17-12-13-4-3-7-16-11-13/h2-7,10-11,17H,8-9,12H2,1H3. The lowest BCUT2D eigenvalue weighted by Gasteiger charge is -2.08. The molecular weight excluding hydrogens is 288 g/mol. The van der Waals surface area contributed by atoms with Crippen molar-refractivity contribution in [2.45, 2.75) is 11.4 Å². The van der Waals surface area contributed by atoms with Crippen molar-refractivity contribution < 1.29 is 13.2 Å². The monoisotopic (exact) mass is 306 g/mol. The summed E-state index contributed by atoms with van der Waals surface area (Å²) in [7, 11) is -3.20. The molecule has 0 amide bonds. The van der Waals surface area contributed by atoms with Gasteiger partial charge >= 0.3 is 0 Å². The summed E-state index contributed by atoms with van der Waals surface area (Å²) < 4.78 is 28.4. The van der Waals surface area contributed by atoms with Gasteiger partial charge in [0.1, 0.15) is 12.4 Å². The lowest BCUT2D eigenvalue weighted by atomic mass is 10.3. The highest BCUT2D eigenvalue weighted by atomic mass is 32.2. The van der Waals surface area contributed by atoms with Crippen LogP contribution in [0.1, 0.15) is 5.56 Å². The van der Waals surface area contributed by atoms with Gasteiger partial charge in [-0.25, -0.2) is 8.42 Å². The predicted octanol–water partition coefficient (Wildman–Crippen LogP) is 1.65. The molecule has 0 atom stereocenters. The Morgan fingerprint density at radius 2 is 2.10 bits per heavy atom. The number of benzene rings is 1. The Kier molecular flexibility index (Phi) is 5.30. The van der Waals surface area contributed by atoms with E-state index in [1.165, 1.54) is 12.3 Å². The Labute approximate surface area is 124 Å². The summed E-state index contributed by atoms with van der Waals surface area (Å²) in [6.45, 7) is 1.85. The highest BCUT2D eigenvalue weighted by Crippen LogP contribution is 2.17. The van der Waals surface area contributed by atoms with Crippen molar-refractivity contribution in [3.05, 3.63) is 54.4 Å². The highest BCUT2D eigenvalue weighted by molar-refractivity contribution is 7.90. The zero-order valence-corrected chi connectivity index (χ0v) is 12.6. The van der Waals surface area contributed by atoms with Gasteiger partial charge in [0, 0.05) is 31.7 Å². The van der Waals surface area contributed by atoms with Gasteiger partial charge in [0.2, 0.25) is 0 Å². The maximum Gasteiger partial charge on any atom is 0.175 e. The zero-order valence-electron chi connectivity index (χ0n) is 11.8. The maximum absolute atomic E-state index is 11.4.